The molecule has 28 heavy (non-hydrogen) atoms. The van der Waals surface area contributed by atoms with Crippen molar-refractivity contribution in [2.24, 2.45) is 4.99 Å². The lowest BCUT2D eigenvalue weighted by Gasteiger charge is -2.34. The van der Waals surface area contributed by atoms with Crippen molar-refractivity contribution in [2.45, 2.75) is 39.0 Å². The second-order valence-corrected chi connectivity index (χ2v) is 7.97. The molecular weight excluding hydrogens is 382 g/mol. The van der Waals surface area contributed by atoms with E-state index >= 15 is 0 Å². The molecule has 0 N–H and O–H groups in total. The van der Waals surface area contributed by atoms with Gasteiger partial charge in [0.15, 0.2) is 5.17 Å². The zero-order valence-corrected chi connectivity index (χ0v) is 17.5. The quantitative estimate of drug-likeness (QED) is 0.765. The van der Waals surface area contributed by atoms with Gasteiger partial charge in [0.2, 0.25) is 0 Å². The highest BCUT2D eigenvalue weighted by Crippen LogP contribution is 2.19. The highest BCUT2D eigenvalue weighted by Gasteiger charge is 2.38. The van der Waals surface area contributed by atoms with Crippen molar-refractivity contribution in [3.8, 4) is 0 Å². The zero-order valence-electron chi connectivity index (χ0n) is 16.7. The Labute approximate surface area is 168 Å². The van der Waals surface area contributed by atoms with Crippen LogP contribution in [-0.4, -0.2) is 64.6 Å². The Morgan fingerprint density at radius 2 is 1.93 bits per heavy atom. The fourth-order valence-electron chi connectivity index (χ4n) is 2.41. The standard InChI is InChI=1S/C19H25N3O5S/c1-19(2,3)27-17(24)21(4)14-11-22(16(28-5)20-15(14)23)18(25)26-12-13-9-7-6-8-10-13/h6-10,14H,11-12H2,1-5H3. The van der Waals surface area contributed by atoms with E-state index in [0.29, 0.717) is 0 Å². The molecule has 1 aliphatic heterocycles. The van der Waals surface area contributed by atoms with Crippen LogP contribution in [0.15, 0.2) is 35.3 Å². The van der Waals surface area contributed by atoms with Crippen molar-refractivity contribution in [2.75, 3.05) is 19.8 Å². The lowest BCUT2D eigenvalue weighted by atomic mass is 10.2. The minimum Gasteiger partial charge on any atom is -0.444 e. The molecule has 0 saturated heterocycles. The summed E-state index contributed by atoms with van der Waals surface area (Å²) in [4.78, 5) is 43.7. The molecule has 1 aliphatic rings. The molecule has 0 spiro atoms. The van der Waals surface area contributed by atoms with Crippen LogP contribution in [0.3, 0.4) is 0 Å². The van der Waals surface area contributed by atoms with Crippen LogP contribution in [0.4, 0.5) is 9.59 Å². The highest BCUT2D eigenvalue weighted by molar-refractivity contribution is 8.13. The molecule has 8 nitrogen and oxygen atoms in total. The third-order valence-corrected chi connectivity index (χ3v) is 4.51. The zero-order chi connectivity index (χ0) is 20.9. The van der Waals surface area contributed by atoms with Gasteiger partial charge in [0.25, 0.3) is 5.91 Å². The van der Waals surface area contributed by atoms with E-state index in [0.717, 1.165) is 22.2 Å². The third kappa shape index (κ3) is 5.72. The van der Waals surface area contributed by atoms with Crippen LogP contribution >= 0.6 is 11.8 Å². The molecule has 9 heteroatoms. The first-order valence-corrected chi connectivity index (χ1v) is 9.95. The second kappa shape index (κ2) is 9.09. The summed E-state index contributed by atoms with van der Waals surface area (Å²) in [5.74, 6) is -0.509. The maximum atomic E-state index is 12.6. The molecule has 2 rings (SSSR count). The van der Waals surface area contributed by atoms with Crippen LogP contribution in [-0.2, 0) is 20.9 Å². The summed E-state index contributed by atoms with van der Waals surface area (Å²) < 4.78 is 10.7. The Morgan fingerprint density at radius 3 is 2.50 bits per heavy atom. The summed E-state index contributed by atoms with van der Waals surface area (Å²) in [6.07, 6.45) is 0.417. The summed E-state index contributed by atoms with van der Waals surface area (Å²) >= 11 is 1.16. The van der Waals surface area contributed by atoms with Crippen LogP contribution < -0.4 is 0 Å². The maximum Gasteiger partial charge on any atom is 0.416 e. The van der Waals surface area contributed by atoms with Gasteiger partial charge in [0, 0.05) is 7.05 Å². The number of rotatable bonds is 3. The number of amidine groups is 1. The number of ether oxygens (including phenoxy) is 2. The van der Waals surface area contributed by atoms with E-state index in [4.69, 9.17) is 9.47 Å². The van der Waals surface area contributed by atoms with Crippen molar-refractivity contribution in [1.82, 2.24) is 9.80 Å². The minimum atomic E-state index is -0.949. The number of carbonyl (C=O) groups is 3. The van der Waals surface area contributed by atoms with Gasteiger partial charge in [-0.15, -0.1) is 0 Å². The predicted molar refractivity (Wildman–Crippen MR) is 107 cm³/mol. The number of hydrogen-bond acceptors (Lipinski definition) is 6. The second-order valence-electron chi connectivity index (χ2n) is 7.19. The topological polar surface area (TPSA) is 88.5 Å². The molecule has 1 aromatic rings. The Balaban J connectivity index is 2.11. The molecule has 1 unspecified atom stereocenters. The van der Waals surface area contributed by atoms with Crippen LogP contribution in [0.1, 0.15) is 26.3 Å². The average Bonchev–Trinajstić information content (AvgIpc) is 2.64. The molecule has 0 aromatic heterocycles. The number of benzene rings is 1. The first kappa shape index (κ1) is 21.7. The average molecular weight is 407 g/mol. The molecule has 1 atom stereocenters. The van der Waals surface area contributed by atoms with Crippen molar-refractivity contribution in [3.63, 3.8) is 0 Å². The number of nitrogens with zero attached hydrogens (tertiary/aromatic N) is 3. The van der Waals surface area contributed by atoms with Gasteiger partial charge in [-0.2, -0.15) is 4.99 Å². The van der Waals surface area contributed by atoms with Crippen molar-refractivity contribution in [3.05, 3.63) is 35.9 Å². The number of thioether (sulfide) groups is 1. The molecular formula is C19H25N3O5S. The minimum absolute atomic E-state index is 0.0537. The largest absolute Gasteiger partial charge is 0.444 e. The van der Waals surface area contributed by atoms with Gasteiger partial charge in [-0.1, -0.05) is 42.1 Å². The molecule has 152 valence electrons. The maximum absolute atomic E-state index is 12.6. The smallest absolute Gasteiger partial charge is 0.416 e. The fraction of sp³-hybridized carbons (Fsp3) is 0.474. The number of hydrogen-bond donors (Lipinski definition) is 0. The van der Waals surface area contributed by atoms with Gasteiger partial charge in [-0.05, 0) is 32.6 Å². The Bertz CT molecular complexity index is 761. The van der Waals surface area contributed by atoms with Gasteiger partial charge in [-0.3, -0.25) is 14.6 Å². The Morgan fingerprint density at radius 1 is 1.29 bits per heavy atom. The van der Waals surface area contributed by atoms with Crippen molar-refractivity contribution < 1.29 is 23.9 Å². The van der Waals surface area contributed by atoms with E-state index in [1.54, 1.807) is 27.0 Å². The number of aliphatic imine (C=N–C) groups is 1. The summed E-state index contributed by atoms with van der Waals surface area (Å²) in [5, 5.41) is 0.233. The summed E-state index contributed by atoms with van der Waals surface area (Å²) in [7, 11) is 1.45. The molecule has 0 radical (unpaired) electrons. The molecule has 1 aromatic carbocycles. The predicted octanol–water partition coefficient (Wildman–Crippen LogP) is 3.12. The lowest BCUT2D eigenvalue weighted by molar-refractivity contribution is -0.123. The van der Waals surface area contributed by atoms with Gasteiger partial charge in [0.05, 0.1) is 6.54 Å². The third-order valence-electron chi connectivity index (χ3n) is 3.83. The van der Waals surface area contributed by atoms with Crippen molar-refractivity contribution >= 4 is 35.0 Å². The van der Waals surface area contributed by atoms with E-state index in [1.165, 1.54) is 11.9 Å². The highest BCUT2D eigenvalue weighted by atomic mass is 32.2. The van der Waals surface area contributed by atoms with E-state index in [9.17, 15) is 14.4 Å². The van der Waals surface area contributed by atoms with Gasteiger partial charge in [0.1, 0.15) is 18.2 Å². The monoisotopic (exact) mass is 407 g/mol. The van der Waals surface area contributed by atoms with Gasteiger partial charge >= 0.3 is 12.2 Å². The SMILES string of the molecule is CSC1=NC(=O)C(N(C)C(=O)OC(C)(C)C)CN1C(=O)OCc1ccccc1. The van der Waals surface area contributed by atoms with E-state index in [1.807, 2.05) is 30.3 Å². The van der Waals surface area contributed by atoms with E-state index in [-0.39, 0.29) is 18.3 Å². The molecule has 0 bridgehead atoms. The Kier molecular flexibility index (Phi) is 7.06. The Hall–Kier alpha value is -2.55. The molecule has 0 fully saturated rings. The first-order valence-electron chi connectivity index (χ1n) is 8.73. The van der Waals surface area contributed by atoms with E-state index in [2.05, 4.69) is 4.99 Å². The lowest BCUT2D eigenvalue weighted by Crippen LogP contribution is -2.55. The van der Waals surface area contributed by atoms with Crippen LogP contribution in [0.5, 0.6) is 0 Å². The number of carbonyl (C=O) groups excluding carboxylic acids is 3. The number of likely N-dealkylation sites (N-methyl/N-ethyl adjacent to an activating group) is 1. The summed E-state index contributed by atoms with van der Waals surface area (Å²) in [5.41, 5.74) is 0.138. The van der Waals surface area contributed by atoms with Gasteiger partial charge in [-0.25, -0.2) is 9.59 Å². The van der Waals surface area contributed by atoms with Crippen LogP contribution in [0.2, 0.25) is 0 Å². The van der Waals surface area contributed by atoms with Gasteiger partial charge < -0.3 is 9.47 Å². The molecule has 3 amide bonds. The fourth-order valence-corrected chi connectivity index (χ4v) is 2.96. The molecule has 1 heterocycles. The molecule has 0 aliphatic carbocycles. The van der Waals surface area contributed by atoms with Crippen molar-refractivity contribution in [1.29, 1.82) is 0 Å². The van der Waals surface area contributed by atoms with Crippen LogP contribution in [0, 0.1) is 0 Å². The molecule has 0 saturated carbocycles. The summed E-state index contributed by atoms with van der Waals surface area (Å²) in [6.45, 7) is 5.25. The van der Waals surface area contributed by atoms with E-state index < -0.39 is 29.7 Å². The first-order chi connectivity index (χ1) is 13.1. The summed E-state index contributed by atoms with van der Waals surface area (Å²) in [6, 6.07) is 8.31. The normalized spacial score (nSPS) is 17.0. The van der Waals surface area contributed by atoms with Crippen LogP contribution in [0.25, 0.3) is 0 Å². The number of amides is 3.